The predicted molar refractivity (Wildman–Crippen MR) is 102 cm³/mol. The summed E-state index contributed by atoms with van der Waals surface area (Å²) in [6, 6.07) is 28.4. The maximum absolute atomic E-state index is 12.8. The molecule has 0 aromatic heterocycles. The van der Waals surface area contributed by atoms with Crippen molar-refractivity contribution in [3.05, 3.63) is 102 Å². The van der Waals surface area contributed by atoms with Crippen molar-refractivity contribution in [3.63, 3.8) is 0 Å². The van der Waals surface area contributed by atoms with Gasteiger partial charge < -0.3 is 5.32 Å². The van der Waals surface area contributed by atoms with Crippen LogP contribution in [0, 0.1) is 0 Å². The van der Waals surface area contributed by atoms with Crippen molar-refractivity contribution in [2.24, 2.45) is 0 Å². The molecule has 0 saturated carbocycles. The van der Waals surface area contributed by atoms with Crippen LogP contribution in [0.25, 0.3) is 0 Å². The number of hydrogen-bond donors (Lipinski definition) is 1. The van der Waals surface area contributed by atoms with Gasteiger partial charge in [0.05, 0.1) is 6.54 Å². The van der Waals surface area contributed by atoms with E-state index in [0.29, 0.717) is 18.8 Å². The molecule has 26 heavy (non-hydrogen) atoms. The van der Waals surface area contributed by atoms with Crippen LogP contribution in [0.4, 0.5) is 5.69 Å². The van der Waals surface area contributed by atoms with Crippen molar-refractivity contribution in [2.45, 2.75) is 13.1 Å². The van der Waals surface area contributed by atoms with Gasteiger partial charge in [0.2, 0.25) is 0 Å². The summed E-state index contributed by atoms with van der Waals surface area (Å²) in [5.74, 6) is -1.19. The minimum Gasteiger partial charge on any atom is -0.344 e. The number of carbonyl (C=O) groups is 2. The minimum atomic E-state index is -0.617. The molecule has 0 aliphatic heterocycles. The summed E-state index contributed by atoms with van der Waals surface area (Å²) in [6.07, 6.45) is 0. The number of benzene rings is 3. The van der Waals surface area contributed by atoms with Crippen molar-refractivity contribution in [1.82, 2.24) is 5.32 Å². The quantitative estimate of drug-likeness (QED) is 0.720. The smallest absolute Gasteiger partial charge is 0.316 e. The Hall–Kier alpha value is -3.40. The fraction of sp³-hybridized carbons (Fsp3) is 0.0909. The van der Waals surface area contributed by atoms with E-state index in [1.165, 1.54) is 4.90 Å². The highest BCUT2D eigenvalue weighted by Crippen LogP contribution is 2.17. The number of carbonyl (C=O) groups excluding carboxylic acids is 2. The van der Waals surface area contributed by atoms with Gasteiger partial charge in [-0.15, -0.1) is 0 Å². The molecule has 0 unspecified atom stereocenters. The van der Waals surface area contributed by atoms with E-state index in [1.807, 2.05) is 91.0 Å². The second-order valence-electron chi connectivity index (χ2n) is 5.88. The highest BCUT2D eigenvalue weighted by atomic mass is 16.2. The lowest BCUT2D eigenvalue weighted by atomic mass is 10.2. The van der Waals surface area contributed by atoms with Crippen LogP contribution in [-0.4, -0.2) is 11.8 Å². The number of anilines is 1. The second-order valence-corrected chi connectivity index (χ2v) is 5.88. The van der Waals surface area contributed by atoms with E-state index in [1.54, 1.807) is 0 Å². The van der Waals surface area contributed by atoms with Gasteiger partial charge in [0.25, 0.3) is 0 Å². The Balaban J connectivity index is 1.75. The van der Waals surface area contributed by atoms with Gasteiger partial charge in [0.15, 0.2) is 0 Å². The average molecular weight is 344 g/mol. The number of nitrogens with one attached hydrogen (secondary N) is 1. The van der Waals surface area contributed by atoms with E-state index in [0.717, 1.165) is 11.1 Å². The summed E-state index contributed by atoms with van der Waals surface area (Å²) in [6.45, 7) is 0.655. The normalized spacial score (nSPS) is 10.2. The van der Waals surface area contributed by atoms with Crippen molar-refractivity contribution in [1.29, 1.82) is 0 Å². The molecule has 4 heteroatoms. The van der Waals surface area contributed by atoms with Crippen LogP contribution < -0.4 is 10.2 Å². The summed E-state index contributed by atoms with van der Waals surface area (Å²) < 4.78 is 0. The van der Waals surface area contributed by atoms with Crippen LogP contribution in [-0.2, 0) is 22.7 Å². The van der Waals surface area contributed by atoms with E-state index in [2.05, 4.69) is 5.32 Å². The Morgan fingerprint density at radius 1 is 0.692 bits per heavy atom. The van der Waals surface area contributed by atoms with Crippen LogP contribution in [0.2, 0.25) is 0 Å². The third-order valence-corrected chi connectivity index (χ3v) is 3.99. The third kappa shape index (κ3) is 4.57. The summed E-state index contributed by atoms with van der Waals surface area (Å²) in [7, 11) is 0. The van der Waals surface area contributed by atoms with Crippen molar-refractivity contribution in [2.75, 3.05) is 4.90 Å². The molecule has 0 aliphatic rings. The maximum Gasteiger partial charge on any atom is 0.316 e. The first-order valence-corrected chi connectivity index (χ1v) is 8.46. The average Bonchev–Trinajstić information content (AvgIpc) is 2.72. The highest BCUT2D eigenvalue weighted by molar-refractivity contribution is 6.40. The standard InChI is InChI=1S/C22H20N2O2/c25-21(23-16-18-10-4-1-5-11-18)22(26)24(20-14-8-3-9-15-20)17-19-12-6-2-7-13-19/h1-15H,16-17H2,(H,23,25). The topological polar surface area (TPSA) is 49.4 Å². The SMILES string of the molecule is O=C(NCc1ccccc1)C(=O)N(Cc1ccccc1)c1ccccc1. The molecule has 0 atom stereocenters. The van der Waals surface area contributed by atoms with Crippen LogP contribution >= 0.6 is 0 Å². The second kappa shape index (κ2) is 8.62. The first kappa shape index (κ1) is 17.4. The molecule has 1 N–H and O–H groups in total. The van der Waals surface area contributed by atoms with Gasteiger partial charge in [-0.2, -0.15) is 0 Å². The Morgan fingerprint density at radius 2 is 1.19 bits per heavy atom. The van der Waals surface area contributed by atoms with Crippen LogP contribution in [0.15, 0.2) is 91.0 Å². The Morgan fingerprint density at radius 3 is 1.77 bits per heavy atom. The zero-order chi connectivity index (χ0) is 18.2. The number of hydrogen-bond acceptors (Lipinski definition) is 2. The van der Waals surface area contributed by atoms with E-state index in [9.17, 15) is 9.59 Å². The Labute approximate surface area is 153 Å². The first-order valence-electron chi connectivity index (χ1n) is 8.46. The lowest BCUT2D eigenvalue weighted by molar-refractivity contribution is -0.137. The molecule has 130 valence electrons. The predicted octanol–water partition coefficient (Wildman–Crippen LogP) is 3.54. The van der Waals surface area contributed by atoms with E-state index < -0.39 is 11.8 Å². The molecule has 3 aromatic carbocycles. The third-order valence-electron chi connectivity index (χ3n) is 3.99. The summed E-state index contributed by atoms with van der Waals surface area (Å²) in [5, 5.41) is 2.70. The first-order chi connectivity index (χ1) is 12.7. The number of para-hydroxylation sites is 1. The lowest BCUT2D eigenvalue weighted by Gasteiger charge is -2.22. The molecule has 0 saturated heterocycles. The molecule has 3 rings (SSSR count). The van der Waals surface area contributed by atoms with Crippen molar-refractivity contribution < 1.29 is 9.59 Å². The van der Waals surface area contributed by atoms with Crippen LogP contribution in [0.3, 0.4) is 0 Å². The van der Waals surface area contributed by atoms with Crippen LogP contribution in [0.5, 0.6) is 0 Å². The number of amides is 2. The van der Waals surface area contributed by atoms with Gasteiger partial charge in [0.1, 0.15) is 0 Å². The van der Waals surface area contributed by atoms with Gasteiger partial charge in [0, 0.05) is 12.2 Å². The van der Waals surface area contributed by atoms with E-state index in [-0.39, 0.29) is 0 Å². The number of nitrogens with zero attached hydrogens (tertiary/aromatic N) is 1. The molecular weight excluding hydrogens is 324 g/mol. The minimum absolute atomic E-state index is 0.319. The van der Waals surface area contributed by atoms with Gasteiger partial charge >= 0.3 is 11.8 Å². The Kier molecular flexibility index (Phi) is 5.78. The molecule has 3 aromatic rings. The largest absolute Gasteiger partial charge is 0.344 e. The highest BCUT2D eigenvalue weighted by Gasteiger charge is 2.23. The fourth-order valence-electron chi connectivity index (χ4n) is 2.63. The maximum atomic E-state index is 12.8. The van der Waals surface area contributed by atoms with Gasteiger partial charge in [-0.1, -0.05) is 78.9 Å². The van der Waals surface area contributed by atoms with Gasteiger partial charge in [-0.05, 0) is 23.3 Å². The molecule has 0 aliphatic carbocycles. The van der Waals surface area contributed by atoms with E-state index >= 15 is 0 Å². The van der Waals surface area contributed by atoms with Gasteiger partial charge in [-0.25, -0.2) is 0 Å². The zero-order valence-electron chi connectivity index (χ0n) is 14.3. The molecule has 0 bridgehead atoms. The fourth-order valence-corrected chi connectivity index (χ4v) is 2.63. The van der Waals surface area contributed by atoms with E-state index in [4.69, 9.17) is 0 Å². The lowest BCUT2D eigenvalue weighted by Crippen LogP contribution is -2.42. The molecule has 0 radical (unpaired) electrons. The zero-order valence-corrected chi connectivity index (χ0v) is 14.3. The molecular formula is C22H20N2O2. The summed E-state index contributed by atoms with van der Waals surface area (Å²) >= 11 is 0. The summed E-state index contributed by atoms with van der Waals surface area (Å²) in [5.41, 5.74) is 2.60. The monoisotopic (exact) mass is 344 g/mol. The molecule has 0 spiro atoms. The molecule has 0 heterocycles. The molecule has 0 fully saturated rings. The van der Waals surface area contributed by atoms with Crippen molar-refractivity contribution in [3.8, 4) is 0 Å². The Bertz CT molecular complexity index is 849. The van der Waals surface area contributed by atoms with Gasteiger partial charge in [-0.3, -0.25) is 14.5 Å². The van der Waals surface area contributed by atoms with Crippen LogP contribution in [0.1, 0.15) is 11.1 Å². The number of rotatable bonds is 5. The molecule has 4 nitrogen and oxygen atoms in total. The summed E-state index contributed by atoms with van der Waals surface area (Å²) in [4.78, 5) is 26.7. The molecule has 2 amide bonds. The van der Waals surface area contributed by atoms with Crippen molar-refractivity contribution >= 4 is 17.5 Å².